The number of likely N-dealkylation sites (tertiary alicyclic amines) is 1. The van der Waals surface area contributed by atoms with E-state index in [-0.39, 0.29) is 0 Å². The molecule has 0 radical (unpaired) electrons. The second-order valence-electron chi connectivity index (χ2n) is 5.68. The molecule has 0 aromatic carbocycles. The van der Waals surface area contributed by atoms with E-state index in [0.717, 1.165) is 12.5 Å². The van der Waals surface area contributed by atoms with Crippen molar-refractivity contribution in [3.8, 4) is 0 Å². The van der Waals surface area contributed by atoms with Crippen molar-refractivity contribution in [1.29, 1.82) is 0 Å². The molecular formula is C12H26N2. The third kappa shape index (κ3) is 2.71. The molecule has 0 amide bonds. The number of hydrogen-bond donors (Lipinski definition) is 1. The van der Waals surface area contributed by atoms with Gasteiger partial charge in [0.2, 0.25) is 0 Å². The second-order valence-corrected chi connectivity index (χ2v) is 5.68. The van der Waals surface area contributed by atoms with Gasteiger partial charge in [-0.25, -0.2) is 0 Å². The lowest BCUT2D eigenvalue weighted by atomic mass is 9.86. The summed E-state index contributed by atoms with van der Waals surface area (Å²) < 4.78 is 0. The summed E-state index contributed by atoms with van der Waals surface area (Å²) in [4.78, 5) is 2.59. The Kier molecular flexibility index (Phi) is 3.96. The van der Waals surface area contributed by atoms with Gasteiger partial charge in [0.05, 0.1) is 0 Å². The molecule has 1 aliphatic heterocycles. The monoisotopic (exact) mass is 198 g/mol. The first-order valence-corrected chi connectivity index (χ1v) is 5.93. The van der Waals surface area contributed by atoms with Crippen LogP contribution < -0.4 is 5.73 Å². The third-order valence-electron chi connectivity index (χ3n) is 3.56. The number of rotatable bonds is 3. The van der Waals surface area contributed by atoms with E-state index >= 15 is 0 Å². The van der Waals surface area contributed by atoms with Crippen molar-refractivity contribution < 1.29 is 0 Å². The SMILES string of the molecule is CCC1CCN(C(CN)C(C)(C)C)C1. The molecule has 0 aromatic heterocycles. The fourth-order valence-electron chi connectivity index (χ4n) is 2.53. The Bertz CT molecular complexity index is 172. The van der Waals surface area contributed by atoms with Crippen molar-refractivity contribution in [2.75, 3.05) is 19.6 Å². The lowest BCUT2D eigenvalue weighted by molar-refractivity contribution is 0.126. The highest BCUT2D eigenvalue weighted by Crippen LogP contribution is 2.29. The standard InChI is InChI=1S/C12H26N2/c1-5-10-6-7-14(9-10)11(8-13)12(2,3)4/h10-11H,5-9,13H2,1-4H3. The summed E-state index contributed by atoms with van der Waals surface area (Å²) in [5, 5.41) is 0. The molecule has 1 heterocycles. The number of nitrogens with zero attached hydrogens (tertiary/aromatic N) is 1. The van der Waals surface area contributed by atoms with Crippen molar-refractivity contribution in [1.82, 2.24) is 4.90 Å². The maximum Gasteiger partial charge on any atom is 0.0266 e. The molecule has 0 bridgehead atoms. The highest BCUT2D eigenvalue weighted by molar-refractivity contribution is 4.88. The number of hydrogen-bond acceptors (Lipinski definition) is 2. The van der Waals surface area contributed by atoms with E-state index in [1.54, 1.807) is 0 Å². The van der Waals surface area contributed by atoms with Crippen LogP contribution in [-0.4, -0.2) is 30.6 Å². The smallest absolute Gasteiger partial charge is 0.0266 e. The summed E-state index contributed by atoms with van der Waals surface area (Å²) in [6.45, 7) is 12.5. The quantitative estimate of drug-likeness (QED) is 0.752. The van der Waals surface area contributed by atoms with Crippen molar-refractivity contribution >= 4 is 0 Å². The van der Waals surface area contributed by atoms with Gasteiger partial charge in [0.1, 0.15) is 0 Å². The predicted octanol–water partition coefficient (Wildman–Crippen LogP) is 2.09. The van der Waals surface area contributed by atoms with Crippen LogP contribution in [0.1, 0.15) is 40.5 Å². The molecule has 2 nitrogen and oxygen atoms in total. The van der Waals surface area contributed by atoms with E-state index in [0.29, 0.717) is 11.5 Å². The third-order valence-corrected chi connectivity index (χ3v) is 3.56. The van der Waals surface area contributed by atoms with Crippen LogP contribution >= 0.6 is 0 Å². The summed E-state index contributed by atoms with van der Waals surface area (Å²) >= 11 is 0. The van der Waals surface area contributed by atoms with E-state index in [9.17, 15) is 0 Å². The molecule has 1 saturated heterocycles. The van der Waals surface area contributed by atoms with Crippen LogP contribution in [0.2, 0.25) is 0 Å². The molecule has 1 fully saturated rings. The Morgan fingerprint density at radius 2 is 2.07 bits per heavy atom. The van der Waals surface area contributed by atoms with Crippen LogP contribution in [0.4, 0.5) is 0 Å². The van der Waals surface area contributed by atoms with Crippen molar-refractivity contribution in [3.05, 3.63) is 0 Å². The maximum atomic E-state index is 5.88. The van der Waals surface area contributed by atoms with Gasteiger partial charge in [-0.3, -0.25) is 4.90 Å². The Morgan fingerprint density at radius 1 is 1.43 bits per heavy atom. The van der Waals surface area contributed by atoms with E-state index < -0.39 is 0 Å². The van der Waals surface area contributed by atoms with E-state index in [4.69, 9.17) is 5.73 Å². The first-order chi connectivity index (χ1) is 6.49. The first-order valence-electron chi connectivity index (χ1n) is 5.93. The highest BCUT2D eigenvalue weighted by Gasteiger charge is 2.33. The summed E-state index contributed by atoms with van der Waals surface area (Å²) in [6, 6.07) is 0.555. The van der Waals surface area contributed by atoms with Gasteiger partial charge < -0.3 is 5.73 Å². The van der Waals surface area contributed by atoms with Crippen LogP contribution in [0.15, 0.2) is 0 Å². The second kappa shape index (κ2) is 4.63. The molecular weight excluding hydrogens is 172 g/mol. The van der Waals surface area contributed by atoms with Gasteiger partial charge in [-0.1, -0.05) is 34.1 Å². The van der Waals surface area contributed by atoms with Gasteiger partial charge in [0.15, 0.2) is 0 Å². The van der Waals surface area contributed by atoms with E-state index in [1.165, 1.54) is 25.9 Å². The Balaban J connectivity index is 2.55. The molecule has 1 rings (SSSR count). The molecule has 1 aliphatic rings. The average Bonchev–Trinajstić information content (AvgIpc) is 2.51. The molecule has 2 N–H and O–H groups in total. The molecule has 2 heteroatoms. The fourth-order valence-corrected chi connectivity index (χ4v) is 2.53. The molecule has 84 valence electrons. The topological polar surface area (TPSA) is 29.3 Å². The molecule has 0 spiro atoms. The zero-order valence-electron chi connectivity index (χ0n) is 10.2. The summed E-state index contributed by atoms with van der Waals surface area (Å²) in [7, 11) is 0. The van der Waals surface area contributed by atoms with Crippen molar-refractivity contribution in [2.45, 2.75) is 46.6 Å². The van der Waals surface area contributed by atoms with Crippen LogP contribution in [0.3, 0.4) is 0 Å². The van der Waals surface area contributed by atoms with Gasteiger partial charge in [0, 0.05) is 19.1 Å². The minimum absolute atomic E-state index is 0.317. The van der Waals surface area contributed by atoms with Gasteiger partial charge in [0.25, 0.3) is 0 Å². The Hall–Kier alpha value is -0.0800. The van der Waals surface area contributed by atoms with Crippen molar-refractivity contribution in [2.24, 2.45) is 17.1 Å². The van der Waals surface area contributed by atoms with Crippen LogP contribution in [-0.2, 0) is 0 Å². The molecule has 2 unspecified atom stereocenters. The summed E-state index contributed by atoms with van der Waals surface area (Å²) in [6.07, 6.45) is 2.68. The first kappa shape index (κ1) is 12.0. The Morgan fingerprint density at radius 3 is 2.43 bits per heavy atom. The van der Waals surface area contributed by atoms with Crippen LogP contribution in [0.5, 0.6) is 0 Å². The molecule has 0 aliphatic carbocycles. The summed E-state index contributed by atoms with van der Waals surface area (Å²) in [5.74, 6) is 0.909. The molecule has 0 aromatic rings. The zero-order valence-corrected chi connectivity index (χ0v) is 10.2. The largest absolute Gasteiger partial charge is 0.329 e. The van der Waals surface area contributed by atoms with Crippen LogP contribution in [0.25, 0.3) is 0 Å². The average molecular weight is 198 g/mol. The Labute approximate surface area is 88.8 Å². The molecule has 2 atom stereocenters. The summed E-state index contributed by atoms with van der Waals surface area (Å²) in [5.41, 5.74) is 6.20. The minimum atomic E-state index is 0.317. The van der Waals surface area contributed by atoms with Gasteiger partial charge in [-0.15, -0.1) is 0 Å². The van der Waals surface area contributed by atoms with Gasteiger partial charge in [-0.2, -0.15) is 0 Å². The van der Waals surface area contributed by atoms with Crippen LogP contribution in [0, 0.1) is 11.3 Å². The van der Waals surface area contributed by atoms with Gasteiger partial charge in [-0.05, 0) is 24.3 Å². The lowest BCUT2D eigenvalue weighted by Gasteiger charge is -2.37. The molecule has 0 saturated carbocycles. The van der Waals surface area contributed by atoms with E-state index in [2.05, 4.69) is 32.6 Å². The number of nitrogens with two attached hydrogens (primary N) is 1. The minimum Gasteiger partial charge on any atom is -0.329 e. The fraction of sp³-hybridized carbons (Fsp3) is 1.00. The normalized spacial score (nSPS) is 26.8. The molecule has 14 heavy (non-hydrogen) atoms. The van der Waals surface area contributed by atoms with Gasteiger partial charge >= 0.3 is 0 Å². The zero-order chi connectivity index (χ0) is 10.8. The maximum absolute atomic E-state index is 5.88. The predicted molar refractivity (Wildman–Crippen MR) is 62.3 cm³/mol. The lowest BCUT2D eigenvalue weighted by Crippen LogP contribution is -2.47. The van der Waals surface area contributed by atoms with E-state index in [1.807, 2.05) is 0 Å². The highest BCUT2D eigenvalue weighted by atomic mass is 15.2. The van der Waals surface area contributed by atoms with Crippen molar-refractivity contribution in [3.63, 3.8) is 0 Å².